The minimum absolute atomic E-state index is 0.0102. The van der Waals surface area contributed by atoms with Gasteiger partial charge in [-0.3, -0.25) is 4.21 Å². The smallest absolute Gasteiger partial charge is 0.282 e. The van der Waals surface area contributed by atoms with Gasteiger partial charge in [0.05, 0.1) is 16.3 Å². The summed E-state index contributed by atoms with van der Waals surface area (Å²) in [6.45, 7) is 4.56. The van der Waals surface area contributed by atoms with Crippen LogP contribution in [0.1, 0.15) is 11.1 Å². The summed E-state index contributed by atoms with van der Waals surface area (Å²) in [6.07, 6.45) is 0. The molecule has 2 aromatic carbocycles. The molecule has 31 heavy (non-hydrogen) atoms. The average Bonchev–Trinajstić information content (AvgIpc) is 3.11. The number of amidine groups is 1. The monoisotopic (exact) mass is 435 g/mol. The van der Waals surface area contributed by atoms with Crippen LogP contribution < -0.4 is 16.0 Å². The molecule has 3 heterocycles. The van der Waals surface area contributed by atoms with Gasteiger partial charge in [-0.1, -0.05) is 29.8 Å². The van der Waals surface area contributed by atoms with Gasteiger partial charge in [-0.15, -0.1) is 0 Å². The molecular weight excluding hydrogens is 410 g/mol. The van der Waals surface area contributed by atoms with Gasteiger partial charge < -0.3 is 20.7 Å². The van der Waals surface area contributed by atoms with Gasteiger partial charge in [0, 0.05) is 47.4 Å². The van der Waals surface area contributed by atoms with Gasteiger partial charge in [-0.2, -0.15) is 0 Å². The lowest BCUT2D eigenvalue weighted by Crippen LogP contribution is -2.26. The van der Waals surface area contributed by atoms with Crippen molar-refractivity contribution < 1.29 is 8.95 Å². The highest BCUT2D eigenvalue weighted by Gasteiger charge is 2.22. The Kier molecular flexibility index (Phi) is 5.23. The van der Waals surface area contributed by atoms with Crippen molar-refractivity contribution in [3.8, 4) is 0 Å². The zero-order chi connectivity index (χ0) is 21.4. The molecule has 1 aromatic heterocycles. The summed E-state index contributed by atoms with van der Waals surface area (Å²) in [5.74, 6) is 1.46. The van der Waals surface area contributed by atoms with Crippen LogP contribution in [0.3, 0.4) is 0 Å². The van der Waals surface area contributed by atoms with E-state index >= 15 is 0 Å². The van der Waals surface area contributed by atoms with Crippen LogP contribution >= 0.6 is 0 Å². The van der Waals surface area contributed by atoms with Crippen molar-refractivity contribution in [3.05, 3.63) is 59.7 Å². The number of hydrogen-bond acceptors (Lipinski definition) is 7. The summed E-state index contributed by atoms with van der Waals surface area (Å²) >= 11 is 0. The van der Waals surface area contributed by atoms with Crippen LogP contribution in [0.2, 0.25) is 0 Å². The maximum atomic E-state index is 12.7. The highest BCUT2D eigenvalue weighted by Crippen LogP contribution is 2.30. The van der Waals surface area contributed by atoms with Gasteiger partial charge in [0.1, 0.15) is 18.5 Å². The predicted octanol–water partition coefficient (Wildman–Crippen LogP) is 2.80. The number of fused-ring (bicyclic) bond motifs is 2. The van der Waals surface area contributed by atoms with Crippen molar-refractivity contribution >= 4 is 39.2 Å². The molecule has 2 aliphatic rings. The first kappa shape index (κ1) is 19.8. The van der Waals surface area contributed by atoms with E-state index in [9.17, 15) is 4.21 Å². The van der Waals surface area contributed by atoms with E-state index in [0.29, 0.717) is 32.0 Å². The molecule has 0 spiro atoms. The summed E-state index contributed by atoms with van der Waals surface area (Å²) in [6, 6.07) is 16.6. The van der Waals surface area contributed by atoms with Crippen LogP contribution in [0, 0.1) is 6.92 Å². The number of aryl methyl sites for hydroxylation is 1. The van der Waals surface area contributed by atoms with E-state index in [0.717, 1.165) is 32.9 Å². The first-order valence-corrected chi connectivity index (χ1v) is 11.7. The van der Waals surface area contributed by atoms with E-state index in [-0.39, 0.29) is 12.1 Å². The number of aromatic nitrogens is 1. The number of nitrogens with one attached hydrogen (secondary N) is 1. The number of rotatable bonds is 4. The van der Waals surface area contributed by atoms with Crippen molar-refractivity contribution in [2.45, 2.75) is 24.4 Å². The van der Waals surface area contributed by atoms with Gasteiger partial charge in [-0.05, 0) is 30.7 Å². The highest BCUT2D eigenvalue weighted by atomic mass is 32.2. The quantitative estimate of drug-likeness (QED) is 0.655. The van der Waals surface area contributed by atoms with Crippen LogP contribution in [0.5, 0.6) is 0 Å². The summed E-state index contributed by atoms with van der Waals surface area (Å²) in [7, 11) is -0.997. The van der Waals surface area contributed by atoms with Gasteiger partial charge in [-0.25, -0.2) is 9.98 Å². The molecule has 160 valence electrons. The molecule has 7 nitrogen and oxygen atoms in total. The molecule has 1 unspecified atom stereocenters. The normalized spacial score (nSPS) is 20.7. The molecule has 0 fully saturated rings. The summed E-state index contributed by atoms with van der Waals surface area (Å²) in [4.78, 5) is 12.4. The van der Waals surface area contributed by atoms with E-state index in [4.69, 9.17) is 15.5 Å². The van der Waals surface area contributed by atoms with Crippen LogP contribution in [0.15, 0.2) is 58.4 Å². The highest BCUT2D eigenvalue weighted by molar-refractivity contribution is 7.85. The van der Waals surface area contributed by atoms with Gasteiger partial charge in [0.25, 0.3) is 6.02 Å². The molecule has 2 atom stereocenters. The molecule has 0 amide bonds. The zero-order valence-corrected chi connectivity index (χ0v) is 18.2. The molecule has 0 bridgehead atoms. The molecular formula is C23H25N5O2S. The van der Waals surface area contributed by atoms with E-state index in [2.05, 4.69) is 52.5 Å². The molecule has 2 aliphatic heterocycles. The van der Waals surface area contributed by atoms with Crippen molar-refractivity contribution in [1.29, 1.82) is 0 Å². The Balaban J connectivity index is 1.50. The Morgan fingerprint density at radius 3 is 2.97 bits per heavy atom. The minimum Gasteiger partial charge on any atom is -0.463 e. The van der Waals surface area contributed by atoms with Crippen molar-refractivity contribution in [2.24, 2.45) is 10.7 Å². The van der Waals surface area contributed by atoms with Crippen LogP contribution in [0.4, 0.5) is 11.5 Å². The minimum atomic E-state index is -0.997. The van der Waals surface area contributed by atoms with Crippen molar-refractivity contribution in [1.82, 2.24) is 4.98 Å². The second kappa shape index (κ2) is 8.19. The standard InChI is InChI=1S/C23H25N5O2S/c1-15-6-7-19-18(10-15)20(25-12-17-14-30-23(24)26-17)11-22(27-19)28-8-9-31(29)21-5-3-2-4-16(21)13-28/h2-7,10-11,17H,8-9,12-14H2,1H3,(H2,24,26)(H,25,27)/t17-,31?/m0/s1. The SMILES string of the molecule is Cc1ccc2nc(N3CCS(=O)c4ccccc4C3)cc(NC[C@H]3COC(N)=N3)c2c1. The van der Waals surface area contributed by atoms with Gasteiger partial charge >= 0.3 is 0 Å². The lowest BCUT2D eigenvalue weighted by Gasteiger charge is -2.23. The van der Waals surface area contributed by atoms with Crippen LogP contribution in [0.25, 0.3) is 10.9 Å². The number of hydrogen-bond donors (Lipinski definition) is 2. The van der Waals surface area contributed by atoms with Gasteiger partial charge in [0.15, 0.2) is 0 Å². The number of benzene rings is 2. The van der Waals surface area contributed by atoms with Crippen LogP contribution in [-0.4, -0.2) is 46.7 Å². The van der Waals surface area contributed by atoms with Gasteiger partial charge in [0.2, 0.25) is 0 Å². The molecule has 5 rings (SSSR count). The fourth-order valence-corrected chi connectivity index (χ4v) is 5.30. The average molecular weight is 436 g/mol. The summed E-state index contributed by atoms with van der Waals surface area (Å²) in [5.41, 5.74) is 9.84. The third-order valence-electron chi connectivity index (χ3n) is 5.66. The first-order valence-electron chi connectivity index (χ1n) is 10.4. The fraction of sp³-hybridized carbons (Fsp3) is 0.304. The Hall–Kier alpha value is -3.13. The lowest BCUT2D eigenvalue weighted by atomic mass is 10.1. The number of ether oxygens (including phenoxy) is 1. The summed E-state index contributed by atoms with van der Waals surface area (Å²) < 4.78 is 18.0. The predicted molar refractivity (Wildman–Crippen MR) is 125 cm³/mol. The zero-order valence-electron chi connectivity index (χ0n) is 17.4. The lowest BCUT2D eigenvalue weighted by molar-refractivity contribution is 0.316. The largest absolute Gasteiger partial charge is 0.463 e. The number of nitrogens with zero attached hydrogens (tertiary/aromatic N) is 3. The molecule has 3 N–H and O–H groups in total. The Bertz CT molecular complexity index is 1200. The third kappa shape index (κ3) is 4.07. The topological polar surface area (TPSA) is 92.8 Å². The van der Waals surface area contributed by atoms with E-state index in [1.54, 1.807) is 0 Å². The van der Waals surface area contributed by atoms with E-state index < -0.39 is 10.8 Å². The maximum Gasteiger partial charge on any atom is 0.282 e. The molecule has 0 radical (unpaired) electrons. The van der Waals surface area contributed by atoms with Crippen molar-refractivity contribution in [2.75, 3.05) is 35.7 Å². The van der Waals surface area contributed by atoms with Crippen LogP contribution in [-0.2, 0) is 22.1 Å². The first-order chi connectivity index (χ1) is 15.1. The molecule has 0 saturated carbocycles. The molecule has 3 aromatic rings. The second-order valence-corrected chi connectivity index (χ2v) is 9.48. The summed E-state index contributed by atoms with van der Waals surface area (Å²) in [5, 5.41) is 4.60. The second-order valence-electron chi connectivity index (χ2n) is 7.94. The number of anilines is 2. The maximum absolute atomic E-state index is 12.7. The number of pyridine rings is 1. The van der Waals surface area contributed by atoms with E-state index in [1.807, 2.05) is 18.2 Å². The Labute approximate surface area is 183 Å². The third-order valence-corrected chi connectivity index (χ3v) is 7.10. The Morgan fingerprint density at radius 1 is 1.26 bits per heavy atom. The van der Waals surface area contributed by atoms with Crippen molar-refractivity contribution in [3.63, 3.8) is 0 Å². The fourth-order valence-electron chi connectivity index (χ4n) is 4.04. The number of nitrogens with two attached hydrogens (primary N) is 1. The molecule has 0 saturated heterocycles. The molecule has 0 aliphatic carbocycles. The van der Waals surface area contributed by atoms with E-state index in [1.165, 1.54) is 5.56 Å². The number of aliphatic imine (C=N–C) groups is 1. The molecule has 8 heteroatoms. The Morgan fingerprint density at radius 2 is 2.13 bits per heavy atom.